The predicted octanol–water partition coefficient (Wildman–Crippen LogP) is 9.25. The Morgan fingerprint density at radius 2 is 1.04 bits per heavy atom. The molecule has 12 rings (SSSR count). The van der Waals surface area contributed by atoms with Crippen LogP contribution in [0.1, 0.15) is 108 Å². The number of ketones is 1. The van der Waals surface area contributed by atoms with Crippen LogP contribution >= 0.6 is 0 Å². The van der Waals surface area contributed by atoms with Gasteiger partial charge < -0.3 is 54.0 Å². The third-order valence-electron chi connectivity index (χ3n) is 18.4. The Hall–Kier alpha value is -9.46. The van der Waals surface area contributed by atoms with Crippen molar-refractivity contribution >= 4 is 73.8 Å². The topological polar surface area (TPSA) is 323 Å². The Labute approximate surface area is 569 Å². The van der Waals surface area contributed by atoms with E-state index >= 15 is 0 Å². The summed E-state index contributed by atoms with van der Waals surface area (Å²) in [6.07, 6.45) is -0.538. The van der Waals surface area contributed by atoms with Gasteiger partial charge in [-0.25, -0.2) is 42.7 Å². The second-order valence-electron chi connectivity index (χ2n) is 30.1. The molecule has 4 aromatic carbocycles. The number of carbonyl (C=O) groups excluding carboxylic acids is 6. The molecule has 2 aliphatic carbocycles. The van der Waals surface area contributed by atoms with E-state index in [1.165, 1.54) is 9.80 Å². The Bertz CT molecular complexity index is 4240. The number of hydrogen-bond acceptors (Lipinski definition) is 19. The molecule has 4 aliphatic heterocycles. The molecule has 0 unspecified atom stereocenters. The molecule has 520 valence electrons. The van der Waals surface area contributed by atoms with Crippen LogP contribution in [0.2, 0.25) is 0 Å². The number of carboxylic acids is 1. The number of nitrogens with zero attached hydrogens (tertiary/aromatic N) is 6. The Balaban J connectivity index is 0.000000207. The number of fused-ring (bicyclic) bond motifs is 14. The molecule has 6 aromatic rings. The second kappa shape index (κ2) is 27.1. The molecular weight excluding hydrogens is 1280 g/mol. The van der Waals surface area contributed by atoms with Gasteiger partial charge in [0.05, 0.1) is 65.1 Å². The van der Waals surface area contributed by atoms with Crippen LogP contribution in [0.4, 0.5) is 9.59 Å². The van der Waals surface area contributed by atoms with Crippen molar-refractivity contribution in [3.8, 4) is 45.8 Å². The van der Waals surface area contributed by atoms with Gasteiger partial charge in [-0.2, -0.15) is 0 Å². The van der Waals surface area contributed by atoms with E-state index in [0.717, 1.165) is 0 Å². The largest absolute Gasteiger partial charge is 0.493 e. The number of amides is 5. The normalized spacial score (nSPS) is 25.1. The van der Waals surface area contributed by atoms with Gasteiger partial charge in [-0.1, -0.05) is 124 Å². The van der Waals surface area contributed by atoms with Gasteiger partial charge in [-0.05, 0) is 84.5 Å². The number of para-hydroxylation sites is 4. The number of cyclic esters (lactones) is 2. The van der Waals surface area contributed by atoms with Crippen LogP contribution in [0.15, 0.2) is 110 Å². The quantitative estimate of drug-likeness (QED) is 0.103. The maximum absolute atomic E-state index is 14.7. The summed E-state index contributed by atoms with van der Waals surface area (Å²) in [6, 6.07) is 25.0. The van der Waals surface area contributed by atoms with Gasteiger partial charge in [0.2, 0.25) is 39.5 Å². The van der Waals surface area contributed by atoms with Gasteiger partial charge in [0.15, 0.2) is 5.78 Å². The number of rotatable bonds is 8. The average molecular weight is 1360 g/mol. The molecule has 8 bridgehead atoms. The fourth-order valence-corrected chi connectivity index (χ4v) is 13.9. The van der Waals surface area contributed by atoms with Crippen molar-refractivity contribution in [3.05, 3.63) is 110 Å². The SMILES string of the molecule is C=C[C@@H]1C[C@]1(CC(=O)[C@@H]1C[C@@H]2CN1C(=O)[C@H](C(C)(C)C)NC(=O)OCC(C)(C)COc1cccc(c1)-c1nc3ccccc3nc1O2)C(=O)NS(=O)(=O)C1CC1.CC1(C)COC(=O)N[C@@H](C(C)(C)C)C(=O)N2C[C@@H](C[C@H]2C(=O)O)Oc2nc3ccccc3nc2-c2cccc(c2)OC1. The molecule has 5 amide bonds. The number of benzene rings is 4. The van der Waals surface area contributed by atoms with Crippen molar-refractivity contribution < 1.29 is 75.5 Å². The van der Waals surface area contributed by atoms with E-state index in [2.05, 4.69) is 21.9 Å². The number of aromatic nitrogens is 4. The van der Waals surface area contributed by atoms with E-state index in [1.807, 2.05) is 125 Å². The van der Waals surface area contributed by atoms with Crippen LogP contribution in [-0.4, -0.2) is 166 Å². The van der Waals surface area contributed by atoms with Crippen LogP contribution < -0.4 is 34.3 Å². The van der Waals surface area contributed by atoms with Crippen LogP contribution in [0.5, 0.6) is 23.3 Å². The summed E-state index contributed by atoms with van der Waals surface area (Å²) in [7, 11) is -3.88. The molecule has 4 fully saturated rings. The molecule has 6 aliphatic rings. The fraction of sp³-hybridized carbons (Fsp3) is 0.486. The van der Waals surface area contributed by atoms with E-state index in [9.17, 15) is 47.1 Å². The lowest BCUT2D eigenvalue weighted by molar-refractivity contribution is -0.150. The van der Waals surface area contributed by atoms with Gasteiger partial charge in [-0.15, -0.1) is 6.58 Å². The molecule has 98 heavy (non-hydrogen) atoms. The zero-order valence-electron chi connectivity index (χ0n) is 56.8. The third-order valence-corrected chi connectivity index (χ3v) is 20.2. The standard InChI is InChI=1S/C41H49N5O9S.C31H36N4O7/c1-7-25-19-41(25,37(49)45-56(51,52)28-15-16-28)20-32(47)31-18-27-21-46(31)36(48)34(39(2,3)4)44-38(50)54-23-40(5,6)22-53-26-12-10-11-24(17-26)33-35(55-27)43-30-14-9-8-13-29(30)42-33;1-30(2,3)25-27(36)35-15-20(14-23(35)28(37)38)42-26-24(32-21-11-6-7-12-22(21)33-26)18-9-8-10-19(13-18)40-16-31(4,5)17-41-29(39)34-25/h7-14,17,25,27-28,31,34H,1,15-16,18-23H2,2-6H3,(H,44,50)(H,45,49);6-13,20,23,25H,14-17H2,1-5H3,(H,34,39)(H,37,38)/t25-,27-,31+,34-,41-;20-,23+,25-/m11/s1. The number of hydrogen-bond donors (Lipinski definition) is 4. The summed E-state index contributed by atoms with van der Waals surface area (Å²) >= 11 is 0. The first-order valence-electron chi connectivity index (χ1n) is 32.9. The van der Waals surface area contributed by atoms with Gasteiger partial charge >= 0.3 is 18.2 Å². The van der Waals surface area contributed by atoms with E-state index in [-0.39, 0.29) is 77.0 Å². The number of sulfonamides is 1. The third kappa shape index (κ3) is 15.7. The lowest BCUT2D eigenvalue weighted by Crippen LogP contribution is -2.57. The first-order valence-corrected chi connectivity index (χ1v) is 34.5. The molecule has 2 saturated heterocycles. The van der Waals surface area contributed by atoms with E-state index in [4.69, 9.17) is 48.4 Å². The molecule has 2 saturated carbocycles. The van der Waals surface area contributed by atoms with Crippen molar-refractivity contribution in [2.75, 3.05) is 39.5 Å². The highest BCUT2D eigenvalue weighted by molar-refractivity contribution is 7.91. The van der Waals surface area contributed by atoms with Crippen LogP contribution in [0.25, 0.3) is 44.6 Å². The van der Waals surface area contributed by atoms with Gasteiger partial charge in [0.1, 0.15) is 66.4 Å². The monoisotopic (exact) mass is 1360 g/mol. The number of nitrogens with one attached hydrogen (secondary N) is 3. The molecular formula is C72H85N9O16S. The maximum Gasteiger partial charge on any atom is 0.407 e. The van der Waals surface area contributed by atoms with Crippen molar-refractivity contribution in [3.63, 3.8) is 0 Å². The molecule has 26 heteroatoms. The summed E-state index contributed by atoms with van der Waals surface area (Å²) < 4.78 is 64.2. The number of carbonyl (C=O) groups is 7. The number of alkyl carbamates (subject to hydrolysis) is 2. The minimum atomic E-state index is -3.88. The highest BCUT2D eigenvalue weighted by Gasteiger charge is 2.62. The first kappa shape index (κ1) is 69.9. The number of Topliss-reactive ketones (excluding diaryl/α,β-unsaturated/α-hetero) is 1. The zero-order chi connectivity index (χ0) is 70.4. The first-order chi connectivity index (χ1) is 46.2. The summed E-state index contributed by atoms with van der Waals surface area (Å²) in [4.78, 5) is 117. The van der Waals surface area contributed by atoms with E-state index in [1.54, 1.807) is 47.6 Å². The highest BCUT2D eigenvalue weighted by atomic mass is 32.2. The fourth-order valence-electron chi connectivity index (χ4n) is 12.5. The van der Waals surface area contributed by atoms with Crippen molar-refractivity contribution in [2.24, 2.45) is 33.0 Å². The molecule has 8 atom stereocenters. The Morgan fingerprint density at radius 1 is 0.622 bits per heavy atom. The van der Waals surface area contributed by atoms with Gasteiger partial charge in [-0.3, -0.25) is 23.9 Å². The molecule has 6 heterocycles. The summed E-state index contributed by atoms with van der Waals surface area (Å²) in [5.74, 6) is -2.28. The van der Waals surface area contributed by atoms with Crippen molar-refractivity contribution in [2.45, 2.75) is 149 Å². The van der Waals surface area contributed by atoms with Crippen LogP contribution in [0, 0.1) is 33.0 Å². The maximum atomic E-state index is 14.7. The summed E-state index contributed by atoms with van der Waals surface area (Å²) in [6.45, 7) is 22.6. The predicted molar refractivity (Wildman–Crippen MR) is 361 cm³/mol. The van der Waals surface area contributed by atoms with E-state index in [0.29, 0.717) is 68.9 Å². The second-order valence-corrected chi connectivity index (χ2v) is 32.0. The smallest absolute Gasteiger partial charge is 0.407 e. The summed E-state index contributed by atoms with van der Waals surface area (Å²) in [5, 5.41) is 14.9. The minimum Gasteiger partial charge on any atom is -0.493 e. The molecule has 25 nitrogen and oxygen atoms in total. The van der Waals surface area contributed by atoms with Gasteiger partial charge in [0.25, 0.3) is 0 Å². The lowest BCUT2D eigenvalue weighted by Gasteiger charge is -2.35. The van der Waals surface area contributed by atoms with Gasteiger partial charge in [0, 0.05) is 41.2 Å². The number of carboxylic acid groups (broad SMARTS) is 1. The highest BCUT2D eigenvalue weighted by Crippen LogP contribution is 2.57. The summed E-state index contributed by atoms with van der Waals surface area (Å²) in [5.41, 5.74) is 0.681. The molecule has 4 N–H and O–H groups in total. The van der Waals surface area contributed by atoms with E-state index < -0.39 is 126 Å². The molecule has 0 radical (unpaired) electrons. The van der Waals surface area contributed by atoms with Crippen LogP contribution in [-0.2, 0) is 43.5 Å². The van der Waals surface area contributed by atoms with Crippen molar-refractivity contribution in [1.29, 1.82) is 0 Å². The average Bonchev–Trinajstić information content (AvgIpc) is 1.59. The Morgan fingerprint density at radius 3 is 1.45 bits per heavy atom. The lowest BCUT2D eigenvalue weighted by atomic mass is 9.85. The van der Waals surface area contributed by atoms with Crippen LogP contribution in [0.3, 0.4) is 0 Å². The Kier molecular flexibility index (Phi) is 19.3. The number of ether oxygens (including phenoxy) is 6. The number of aliphatic carboxylic acids is 1. The van der Waals surface area contributed by atoms with Crippen molar-refractivity contribution in [1.82, 2.24) is 45.1 Å². The number of allylic oxidation sites excluding steroid dienone is 1. The molecule has 0 spiro atoms. The zero-order valence-corrected chi connectivity index (χ0v) is 57.6. The minimum absolute atomic E-state index is 0.0107. The molecule has 2 aromatic heterocycles.